The third-order valence-electron chi connectivity index (χ3n) is 5.54. The molecule has 34 heavy (non-hydrogen) atoms. The molecule has 0 aliphatic rings. The second kappa shape index (κ2) is 8.96. The number of fused-ring (bicyclic) bond motifs is 1. The molecule has 0 saturated heterocycles. The van der Waals surface area contributed by atoms with Crippen LogP contribution in [0.2, 0.25) is 10.0 Å². The van der Waals surface area contributed by atoms with Gasteiger partial charge in [0.25, 0.3) is 11.2 Å². The van der Waals surface area contributed by atoms with E-state index < -0.39 is 10.5 Å². The van der Waals surface area contributed by atoms with Crippen molar-refractivity contribution in [2.75, 3.05) is 0 Å². The average molecular weight is 503 g/mol. The molecule has 0 aliphatic heterocycles. The molecule has 0 saturated carbocycles. The van der Waals surface area contributed by atoms with Crippen molar-refractivity contribution in [2.24, 2.45) is 4.99 Å². The molecule has 0 fully saturated rings. The summed E-state index contributed by atoms with van der Waals surface area (Å²) in [6.07, 6.45) is 1.27. The van der Waals surface area contributed by atoms with Crippen molar-refractivity contribution < 1.29 is 4.92 Å². The number of nitrogens with zero attached hydrogens (tertiary/aromatic N) is 5. The average Bonchev–Trinajstić information content (AvgIpc) is 3.23. The number of aryl methyl sites for hydroxylation is 3. The zero-order valence-corrected chi connectivity index (χ0v) is 20.0. The van der Waals surface area contributed by atoms with Gasteiger partial charge in [0.05, 0.1) is 32.2 Å². The quantitative estimate of drug-likeness (QED) is 0.235. The highest BCUT2D eigenvalue weighted by Crippen LogP contribution is 2.32. The van der Waals surface area contributed by atoms with E-state index in [1.807, 2.05) is 6.92 Å². The van der Waals surface area contributed by atoms with Gasteiger partial charge in [0.2, 0.25) is 0 Å². The Labute approximate surface area is 202 Å². The lowest BCUT2D eigenvalue weighted by molar-refractivity contribution is -0.383. The van der Waals surface area contributed by atoms with E-state index in [1.165, 1.54) is 32.2 Å². The molecule has 0 radical (unpaired) electrons. The number of aromatic nitrogens is 4. The number of rotatable bonds is 6. The molecule has 2 heterocycles. The fraction of sp³-hybridized carbons (Fsp3) is 0.227. The lowest BCUT2D eigenvalue weighted by Gasteiger charge is -2.04. The molecule has 12 heteroatoms. The predicted molar refractivity (Wildman–Crippen MR) is 133 cm³/mol. The summed E-state index contributed by atoms with van der Waals surface area (Å²) in [6, 6.07) is 7.56. The van der Waals surface area contributed by atoms with Gasteiger partial charge in [-0.05, 0) is 45.0 Å². The Bertz CT molecular complexity index is 1590. The number of nitro benzene ring substituents is 1. The number of aliphatic imine (C=N–C) groups is 1. The summed E-state index contributed by atoms with van der Waals surface area (Å²) < 4.78 is 4.24. The van der Waals surface area contributed by atoms with Crippen molar-refractivity contribution in [3.63, 3.8) is 0 Å². The number of halogens is 2. The number of benzene rings is 2. The van der Waals surface area contributed by atoms with Crippen LogP contribution in [-0.2, 0) is 13.1 Å². The molecule has 1 N–H and O–H groups in total. The first-order valence-electron chi connectivity index (χ1n) is 10.4. The standard InChI is InChI=1S/C22H20Cl2N6O4/c1-4-27-19-9-16(18(30(33)34)10-20(19)28(5-2)22(27)32)25-11-14-12(3)26-29(21(14)31)17-8-13(23)6-7-15(17)24/h6-11,26H,4-5H2,1-3H3. The Morgan fingerprint density at radius 3 is 2.35 bits per heavy atom. The largest absolute Gasteiger partial charge is 0.329 e. The van der Waals surface area contributed by atoms with E-state index in [0.717, 1.165) is 0 Å². The maximum atomic E-state index is 13.0. The van der Waals surface area contributed by atoms with Gasteiger partial charge in [-0.15, -0.1) is 0 Å². The van der Waals surface area contributed by atoms with Crippen LogP contribution in [0.15, 0.2) is 44.9 Å². The number of imidazole rings is 1. The van der Waals surface area contributed by atoms with Gasteiger partial charge in [-0.2, -0.15) is 0 Å². The van der Waals surface area contributed by atoms with E-state index >= 15 is 0 Å². The number of nitro groups is 1. The van der Waals surface area contributed by atoms with Crippen LogP contribution in [0.5, 0.6) is 0 Å². The van der Waals surface area contributed by atoms with Crippen molar-refractivity contribution >= 4 is 51.8 Å². The number of H-pyrrole nitrogens is 1. The Hall–Kier alpha value is -3.63. The summed E-state index contributed by atoms with van der Waals surface area (Å²) in [7, 11) is 0. The molecule has 176 valence electrons. The first-order valence-corrected chi connectivity index (χ1v) is 11.2. The van der Waals surface area contributed by atoms with Gasteiger partial charge in [0.15, 0.2) is 0 Å². The van der Waals surface area contributed by atoms with Gasteiger partial charge < -0.3 is 0 Å². The molecule has 0 amide bonds. The SMILES string of the molecule is CCn1c(=O)n(CC)c2cc([N+](=O)[O-])c(N=Cc3c(C)[nH]n(-c4cc(Cl)ccc4Cl)c3=O)cc21. The van der Waals surface area contributed by atoms with E-state index in [4.69, 9.17) is 23.2 Å². The summed E-state index contributed by atoms with van der Waals surface area (Å²) in [5.41, 5.74) is 1.08. The van der Waals surface area contributed by atoms with Gasteiger partial charge in [0, 0.05) is 36.1 Å². The number of nitrogens with one attached hydrogen (secondary N) is 1. The Morgan fingerprint density at radius 1 is 1.09 bits per heavy atom. The van der Waals surface area contributed by atoms with Crippen LogP contribution >= 0.6 is 23.2 Å². The van der Waals surface area contributed by atoms with Gasteiger partial charge in [-0.25, -0.2) is 14.5 Å². The van der Waals surface area contributed by atoms with Crippen molar-refractivity contribution in [3.05, 3.63) is 82.6 Å². The van der Waals surface area contributed by atoms with Crippen molar-refractivity contribution in [1.82, 2.24) is 18.9 Å². The van der Waals surface area contributed by atoms with E-state index in [1.54, 1.807) is 32.0 Å². The monoisotopic (exact) mass is 502 g/mol. The zero-order valence-electron chi connectivity index (χ0n) is 18.5. The highest BCUT2D eigenvalue weighted by atomic mass is 35.5. The molecule has 0 unspecified atom stereocenters. The zero-order chi connectivity index (χ0) is 24.7. The highest BCUT2D eigenvalue weighted by Gasteiger charge is 2.21. The smallest absolute Gasteiger partial charge is 0.295 e. The van der Waals surface area contributed by atoms with Crippen LogP contribution in [0.3, 0.4) is 0 Å². The van der Waals surface area contributed by atoms with E-state index in [9.17, 15) is 19.7 Å². The minimum absolute atomic E-state index is 0.0280. The normalized spacial score (nSPS) is 11.7. The summed E-state index contributed by atoms with van der Waals surface area (Å²) in [4.78, 5) is 41.2. The third-order valence-corrected chi connectivity index (χ3v) is 6.10. The Kier molecular flexibility index (Phi) is 6.20. The number of hydrogen-bond donors (Lipinski definition) is 1. The van der Waals surface area contributed by atoms with Crippen molar-refractivity contribution in [1.29, 1.82) is 0 Å². The van der Waals surface area contributed by atoms with E-state index in [0.29, 0.717) is 45.5 Å². The van der Waals surface area contributed by atoms with Crippen LogP contribution in [0.25, 0.3) is 16.7 Å². The second-order valence-electron chi connectivity index (χ2n) is 7.50. The minimum Gasteiger partial charge on any atom is -0.295 e. The molecule has 0 atom stereocenters. The van der Waals surface area contributed by atoms with Crippen LogP contribution < -0.4 is 11.2 Å². The lowest BCUT2D eigenvalue weighted by Crippen LogP contribution is -2.23. The molecule has 4 aromatic rings. The van der Waals surface area contributed by atoms with Crippen LogP contribution in [0.1, 0.15) is 25.1 Å². The fourth-order valence-corrected chi connectivity index (χ4v) is 4.24. The summed E-state index contributed by atoms with van der Waals surface area (Å²) in [6.45, 7) is 6.05. The molecule has 0 aliphatic carbocycles. The topological polar surface area (TPSA) is 120 Å². The number of hydrogen-bond acceptors (Lipinski definition) is 5. The molecular formula is C22H20Cl2N6O4. The van der Waals surface area contributed by atoms with Gasteiger partial charge in [-0.1, -0.05) is 23.2 Å². The Morgan fingerprint density at radius 2 is 1.74 bits per heavy atom. The lowest BCUT2D eigenvalue weighted by atomic mass is 10.2. The van der Waals surface area contributed by atoms with Gasteiger partial charge in [-0.3, -0.25) is 29.1 Å². The molecule has 10 nitrogen and oxygen atoms in total. The van der Waals surface area contributed by atoms with Gasteiger partial charge in [0.1, 0.15) is 5.69 Å². The molecule has 2 aromatic carbocycles. The molecule has 4 rings (SSSR count). The maximum Gasteiger partial charge on any atom is 0.329 e. The minimum atomic E-state index is -0.562. The first-order chi connectivity index (χ1) is 16.2. The first kappa shape index (κ1) is 23.5. The molecule has 0 spiro atoms. The molecule has 0 bridgehead atoms. The molecular weight excluding hydrogens is 483 g/mol. The Balaban J connectivity index is 1.88. The highest BCUT2D eigenvalue weighted by molar-refractivity contribution is 6.34. The van der Waals surface area contributed by atoms with Crippen LogP contribution in [0.4, 0.5) is 11.4 Å². The molecule has 2 aromatic heterocycles. The second-order valence-corrected chi connectivity index (χ2v) is 8.35. The fourth-order valence-electron chi connectivity index (χ4n) is 3.87. The van der Waals surface area contributed by atoms with Gasteiger partial charge >= 0.3 is 5.69 Å². The maximum absolute atomic E-state index is 13.0. The van der Waals surface area contributed by atoms with Crippen LogP contribution in [0, 0.1) is 17.0 Å². The van der Waals surface area contributed by atoms with E-state index in [2.05, 4.69) is 10.1 Å². The summed E-state index contributed by atoms with van der Waals surface area (Å²) >= 11 is 12.3. The van der Waals surface area contributed by atoms with E-state index in [-0.39, 0.29) is 22.6 Å². The van der Waals surface area contributed by atoms with Crippen molar-refractivity contribution in [2.45, 2.75) is 33.9 Å². The third kappa shape index (κ3) is 3.84. The van der Waals surface area contributed by atoms with Crippen LogP contribution in [-0.4, -0.2) is 30.1 Å². The number of aromatic amines is 1. The summed E-state index contributed by atoms with van der Waals surface area (Å²) in [5.74, 6) is 0. The van der Waals surface area contributed by atoms with Crippen molar-refractivity contribution in [3.8, 4) is 5.69 Å². The predicted octanol–water partition coefficient (Wildman–Crippen LogP) is 4.60. The summed E-state index contributed by atoms with van der Waals surface area (Å²) in [5, 5.41) is 15.4.